The van der Waals surface area contributed by atoms with Gasteiger partial charge in [0.15, 0.2) is 0 Å². The molecule has 0 aliphatic rings. The van der Waals surface area contributed by atoms with E-state index in [4.69, 9.17) is 0 Å². The first-order valence-corrected chi connectivity index (χ1v) is 5.37. The summed E-state index contributed by atoms with van der Waals surface area (Å²) in [5.41, 5.74) is 0. The highest BCUT2D eigenvalue weighted by atomic mass is 14.0. The van der Waals surface area contributed by atoms with Crippen molar-refractivity contribution in [2.75, 3.05) is 0 Å². The van der Waals surface area contributed by atoms with Gasteiger partial charge in [0.05, 0.1) is 0 Å². The van der Waals surface area contributed by atoms with E-state index in [2.05, 4.69) is 39.8 Å². The predicted molar refractivity (Wildman–Crippen MR) is 57.3 cm³/mol. The molecule has 0 N–H and O–H groups in total. The third-order valence-electron chi connectivity index (χ3n) is 2.44. The van der Waals surface area contributed by atoms with E-state index in [0.29, 0.717) is 0 Å². The van der Waals surface area contributed by atoms with Crippen molar-refractivity contribution in [2.45, 2.75) is 53.4 Å². The van der Waals surface area contributed by atoms with Gasteiger partial charge in [-0.2, -0.15) is 0 Å². The Labute approximate surface area is 78.1 Å². The van der Waals surface area contributed by atoms with Crippen molar-refractivity contribution in [3.63, 3.8) is 0 Å². The van der Waals surface area contributed by atoms with Gasteiger partial charge in [-0.1, -0.05) is 52.7 Å². The Kier molecular flexibility index (Phi) is 7.23. The second-order valence-electron chi connectivity index (χ2n) is 3.94. The van der Waals surface area contributed by atoms with E-state index in [1.807, 2.05) is 0 Å². The molecule has 0 radical (unpaired) electrons. The van der Waals surface area contributed by atoms with Crippen molar-refractivity contribution in [2.24, 2.45) is 11.8 Å². The molecule has 0 rings (SSSR count). The minimum absolute atomic E-state index is 0.777. The van der Waals surface area contributed by atoms with Crippen molar-refractivity contribution >= 4 is 0 Å². The van der Waals surface area contributed by atoms with Gasteiger partial charge in [0, 0.05) is 0 Å². The molecule has 0 amide bonds. The van der Waals surface area contributed by atoms with Crippen LogP contribution in [-0.2, 0) is 0 Å². The Morgan fingerprint density at radius 2 is 1.83 bits per heavy atom. The second kappa shape index (κ2) is 7.39. The lowest BCUT2D eigenvalue weighted by Gasteiger charge is -2.05. The minimum atomic E-state index is 0.777. The van der Waals surface area contributed by atoms with E-state index < -0.39 is 0 Å². The summed E-state index contributed by atoms with van der Waals surface area (Å²) in [7, 11) is 0. The predicted octanol–water partition coefficient (Wildman–Crippen LogP) is 4.42. The fourth-order valence-corrected chi connectivity index (χ4v) is 1.26. The first-order chi connectivity index (χ1) is 5.70. The van der Waals surface area contributed by atoms with Crippen LogP contribution in [0.4, 0.5) is 0 Å². The van der Waals surface area contributed by atoms with Gasteiger partial charge in [-0.3, -0.25) is 0 Å². The van der Waals surface area contributed by atoms with Crippen molar-refractivity contribution < 1.29 is 0 Å². The number of hydrogen-bond acceptors (Lipinski definition) is 0. The summed E-state index contributed by atoms with van der Waals surface area (Å²) >= 11 is 0. The van der Waals surface area contributed by atoms with Crippen LogP contribution < -0.4 is 0 Å². The van der Waals surface area contributed by atoms with Gasteiger partial charge in [0.2, 0.25) is 0 Å². The van der Waals surface area contributed by atoms with Gasteiger partial charge in [0.1, 0.15) is 0 Å². The van der Waals surface area contributed by atoms with Gasteiger partial charge in [-0.15, -0.1) is 0 Å². The first-order valence-electron chi connectivity index (χ1n) is 5.37. The lowest BCUT2D eigenvalue weighted by molar-refractivity contribution is 0.565. The average Bonchev–Trinajstić information content (AvgIpc) is 2.04. The Hall–Kier alpha value is -0.260. The van der Waals surface area contributed by atoms with Crippen LogP contribution in [0.3, 0.4) is 0 Å². The Bertz CT molecular complexity index is 113. The molecule has 0 saturated heterocycles. The molecular formula is C12H24. The highest BCUT2D eigenvalue weighted by Crippen LogP contribution is 2.10. The standard InChI is InChI=1S/C12H24/c1-5-8-12(4)10-7-9-11(3)6-2/h7,10-12H,5-6,8-9H2,1-4H3. The molecular weight excluding hydrogens is 144 g/mol. The van der Waals surface area contributed by atoms with Crippen LogP contribution in [-0.4, -0.2) is 0 Å². The van der Waals surface area contributed by atoms with Gasteiger partial charge >= 0.3 is 0 Å². The van der Waals surface area contributed by atoms with E-state index >= 15 is 0 Å². The third-order valence-corrected chi connectivity index (χ3v) is 2.44. The molecule has 0 heteroatoms. The molecule has 0 aromatic heterocycles. The Balaban J connectivity index is 3.46. The summed E-state index contributed by atoms with van der Waals surface area (Å²) in [6, 6.07) is 0. The van der Waals surface area contributed by atoms with E-state index in [9.17, 15) is 0 Å². The van der Waals surface area contributed by atoms with Crippen LogP contribution in [0.2, 0.25) is 0 Å². The number of allylic oxidation sites excluding steroid dienone is 2. The lowest BCUT2D eigenvalue weighted by Crippen LogP contribution is -1.91. The molecule has 12 heavy (non-hydrogen) atoms. The highest BCUT2D eigenvalue weighted by molar-refractivity contribution is 4.87. The molecule has 0 heterocycles. The van der Waals surface area contributed by atoms with Gasteiger partial charge in [-0.25, -0.2) is 0 Å². The van der Waals surface area contributed by atoms with Gasteiger partial charge in [0.25, 0.3) is 0 Å². The summed E-state index contributed by atoms with van der Waals surface area (Å²) < 4.78 is 0. The molecule has 2 atom stereocenters. The smallest absolute Gasteiger partial charge is 0.0262 e. The van der Waals surface area contributed by atoms with Crippen LogP contribution in [0.15, 0.2) is 12.2 Å². The average molecular weight is 168 g/mol. The maximum absolute atomic E-state index is 2.37. The zero-order valence-corrected chi connectivity index (χ0v) is 9.14. The van der Waals surface area contributed by atoms with Crippen molar-refractivity contribution in [3.05, 3.63) is 12.2 Å². The molecule has 0 fully saturated rings. The Morgan fingerprint density at radius 3 is 2.33 bits per heavy atom. The van der Waals surface area contributed by atoms with Gasteiger partial charge in [-0.05, 0) is 24.7 Å². The van der Waals surface area contributed by atoms with Crippen molar-refractivity contribution in [3.8, 4) is 0 Å². The summed E-state index contributed by atoms with van der Waals surface area (Å²) in [5.74, 6) is 1.63. The van der Waals surface area contributed by atoms with E-state index in [1.165, 1.54) is 25.7 Å². The fraction of sp³-hybridized carbons (Fsp3) is 0.833. The minimum Gasteiger partial charge on any atom is -0.0880 e. The third kappa shape index (κ3) is 6.45. The van der Waals surface area contributed by atoms with E-state index in [0.717, 1.165) is 11.8 Å². The molecule has 2 unspecified atom stereocenters. The lowest BCUT2D eigenvalue weighted by atomic mass is 10.0. The zero-order chi connectivity index (χ0) is 9.40. The summed E-state index contributed by atoms with van der Waals surface area (Å²) in [4.78, 5) is 0. The quantitative estimate of drug-likeness (QED) is 0.515. The molecule has 0 aliphatic heterocycles. The molecule has 72 valence electrons. The van der Waals surface area contributed by atoms with Crippen LogP contribution in [0, 0.1) is 11.8 Å². The molecule has 0 nitrogen and oxygen atoms in total. The van der Waals surface area contributed by atoms with Crippen LogP contribution >= 0.6 is 0 Å². The number of rotatable bonds is 6. The van der Waals surface area contributed by atoms with Crippen molar-refractivity contribution in [1.29, 1.82) is 0 Å². The van der Waals surface area contributed by atoms with Crippen LogP contribution in [0.1, 0.15) is 53.4 Å². The molecule has 0 spiro atoms. The normalized spacial score (nSPS) is 16.7. The summed E-state index contributed by atoms with van der Waals surface area (Å²) in [5, 5.41) is 0. The highest BCUT2D eigenvalue weighted by Gasteiger charge is 1.96. The second-order valence-corrected chi connectivity index (χ2v) is 3.94. The van der Waals surface area contributed by atoms with Crippen molar-refractivity contribution in [1.82, 2.24) is 0 Å². The van der Waals surface area contributed by atoms with E-state index in [1.54, 1.807) is 0 Å². The Morgan fingerprint density at radius 1 is 1.17 bits per heavy atom. The monoisotopic (exact) mass is 168 g/mol. The number of hydrogen-bond donors (Lipinski definition) is 0. The molecule has 0 aromatic rings. The molecule has 0 bridgehead atoms. The summed E-state index contributed by atoms with van der Waals surface area (Å²) in [6.45, 7) is 9.12. The molecule has 0 saturated carbocycles. The topological polar surface area (TPSA) is 0 Å². The maximum atomic E-state index is 2.37. The zero-order valence-electron chi connectivity index (χ0n) is 9.14. The fourth-order valence-electron chi connectivity index (χ4n) is 1.26. The first kappa shape index (κ1) is 11.7. The van der Waals surface area contributed by atoms with Gasteiger partial charge < -0.3 is 0 Å². The van der Waals surface area contributed by atoms with Crippen LogP contribution in [0.5, 0.6) is 0 Å². The maximum Gasteiger partial charge on any atom is -0.0262 e. The van der Waals surface area contributed by atoms with Crippen LogP contribution in [0.25, 0.3) is 0 Å². The largest absolute Gasteiger partial charge is 0.0880 e. The summed E-state index contributed by atoms with van der Waals surface area (Å²) in [6.07, 6.45) is 9.91. The molecule has 0 aliphatic carbocycles. The SMILES string of the molecule is CCCC(C)C=CCC(C)CC. The van der Waals surface area contributed by atoms with E-state index in [-0.39, 0.29) is 0 Å². The molecule has 0 aromatic carbocycles.